The van der Waals surface area contributed by atoms with Crippen LogP contribution in [0.2, 0.25) is 39.3 Å². The summed E-state index contributed by atoms with van der Waals surface area (Å²) in [6.07, 6.45) is 0. The third kappa shape index (κ3) is 10.3. The average Bonchev–Trinajstić information content (AvgIpc) is 3.15. The monoisotopic (exact) mass is 570 g/mol. The van der Waals surface area contributed by atoms with E-state index in [0.717, 1.165) is 0 Å². The minimum Gasteiger partial charge on any atom is -1.00 e. The number of hydrogen-bond donors (Lipinski definition) is 0. The van der Waals surface area contributed by atoms with Crippen molar-refractivity contribution in [2.45, 2.75) is 67.0 Å². The first kappa shape index (κ1) is 32.5. The summed E-state index contributed by atoms with van der Waals surface area (Å²) in [5.41, 5.74) is 5.75. The van der Waals surface area contributed by atoms with Crippen molar-refractivity contribution in [3.05, 3.63) is 70.8 Å². The predicted octanol–water partition coefficient (Wildman–Crippen LogP) is 1.56. The van der Waals surface area contributed by atoms with Crippen LogP contribution in [0, 0.1) is 27.7 Å². The van der Waals surface area contributed by atoms with Gasteiger partial charge in [-0.3, -0.25) is 0 Å². The van der Waals surface area contributed by atoms with Crippen molar-refractivity contribution in [1.82, 2.24) is 0 Å². The minimum absolute atomic E-state index is 0. The Kier molecular flexibility index (Phi) is 14.9. The summed E-state index contributed by atoms with van der Waals surface area (Å²) in [6.45, 7) is 24.0. The van der Waals surface area contributed by atoms with E-state index in [4.69, 9.17) is 0 Å². The van der Waals surface area contributed by atoms with E-state index in [1.54, 1.807) is 0 Å². The molecule has 3 aromatic rings. The van der Waals surface area contributed by atoms with Crippen LogP contribution >= 0.6 is 0 Å². The fourth-order valence-electron chi connectivity index (χ4n) is 3.33. The smallest absolute Gasteiger partial charge is 0.0630 e. The molecule has 0 atom stereocenters. The van der Waals surface area contributed by atoms with Gasteiger partial charge in [-0.1, -0.05) is 33.8 Å². The van der Waals surface area contributed by atoms with Gasteiger partial charge in [0.1, 0.15) is 0 Å². The second-order valence-corrected chi connectivity index (χ2v) is 44.1. The molecule has 3 aromatic carbocycles. The van der Waals surface area contributed by atoms with Crippen molar-refractivity contribution in [3.63, 3.8) is 0 Å². The van der Waals surface area contributed by atoms with Crippen molar-refractivity contribution >= 4 is 30.4 Å². The number of benzene rings is 1. The molecule has 0 saturated heterocycles. The molecule has 0 aliphatic heterocycles. The summed E-state index contributed by atoms with van der Waals surface area (Å²) >= 11 is 1.89. The van der Waals surface area contributed by atoms with E-state index >= 15 is 0 Å². The third-order valence-corrected chi connectivity index (χ3v) is 63.9. The summed E-state index contributed by atoms with van der Waals surface area (Å²) in [4.78, 5) is 0. The molecule has 0 heterocycles. The molecule has 30 heavy (non-hydrogen) atoms. The van der Waals surface area contributed by atoms with Crippen molar-refractivity contribution in [3.8, 4) is 0 Å². The van der Waals surface area contributed by atoms with Gasteiger partial charge in [0.2, 0.25) is 0 Å². The van der Waals surface area contributed by atoms with Gasteiger partial charge in [0, 0.05) is 0 Å². The zero-order valence-corrected chi connectivity index (χ0v) is 27.3. The quantitative estimate of drug-likeness (QED) is 0.323. The zero-order chi connectivity index (χ0) is 21.7. The van der Waals surface area contributed by atoms with E-state index in [1.807, 2.05) is 23.3 Å². The zero-order valence-electron chi connectivity index (χ0n) is 20.4. The normalized spacial score (nSPS) is 10.7. The van der Waals surface area contributed by atoms with Crippen LogP contribution in [0.25, 0.3) is 10.8 Å². The molecule has 0 fully saturated rings. The SMILES string of the molecule is C[Si](C)(C)[Si](=[Zr+2])[Si](C)(C)C.Cc1c[c-](C)c(C)c1C.[Cl-].[Cl-].c1ccc2[cH-]ccc2c1. The molecular formula is C24H38Cl2Si3Zr-2. The molecule has 3 rings (SSSR count). The molecule has 0 amide bonds. The molecule has 0 unspecified atom stereocenters. The Morgan fingerprint density at radius 1 is 0.867 bits per heavy atom. The Hall–Kier alpha value is 0.294. The molecule has 0 radical (unpaired) electrons. The van der Waals surface area contributed by atoms with Gasteiger partial charge in [-0.25, -0.2) is 0 Å². The fourth-order valence-corrected chi connectivity index (χ4v) is 32.6. The summed E-state index contributed by atoms with van der Waals surface area (Å²) in [7, 11) is -1.38. The molecule has 0 bridgehead atoms. The Bertz CT molecular complexity index is 844. The molecule has 0 saturated carbocycles. The summed E-state index contributed by atoms with van der Waals surface area (Å²) in [5.74, 6) is 0. The van der Waals surface area contributed by atoms with Gasteiger partial charge in [-0.15, -0.1) is 29.7 Å². The number of halogens is 2. The maximum Gasteiger partial charge on any atom is -0.0630 e. The second kappa shape index (κ2) is 13.8. The standard InChI is InChI=1S/C9H7.C9H13.C6H18Si3.2ClH.Zr/c1-2-5-9-7-3-6-8(9)4-1;1-6-5-7(2)9(4)8(6)3;1-8(2,3)7-9(4,5)6;;;/h1-7H;5H,1-4H3;1-6H3;2*1H;/q2*-1;;;;+2/p-2. The van der Waals surface area contributed by atoms with Crippen molar-refractivity contribution in [2.24, 2.45) is 0 Å². The number of rotatable bonds is 2. The summed E-state index contributed by atoms with van der Waals surface area (Å²) in [6, 6.07) is 16.9. The Morgan fingerprint density at radius 3 is 1.67 bits per heavy atom. The minimum atomic E-state index is -0.692. The van der Waals surface area contributed by atoms with Crippen LogP contribution in [0.3, 0.4) is 0 Å². The van der Waals surface area contributed by atoms with Crippen LogP contribution < -0.4 is 24.8 Å². The molecule has 0 nitrogen and oxygen atoms in total. The van der Waals surface area contributed by atoms with Gasteiger partial charge in [0.15, 0.2) is 0 Å². The van der Waals surface area contributed by atoms with E-state index < -0.39 is 15.2 Å². The van der Waals surface area contributed by atoms with Gasteiger partial charge in [-0.05, 0) is 0 Å². The van der Waals surface area contributed by atoms with Gasteiger partial charge in [0.05, 0.1) is 0 Å². The van der Waals surface area contributed by atoms with Crippen LogP contribution in [-0.4, -0.2) is 19.7 Å². The first-order valence-electron chi connectivity index (χ1n) is 10.1. The Balaban J connectivity index is 0. The van der Waals surface area contributed by atoms with Crippen molar-refractivity contribution in [1.29, 1.82) is 0 Å². The summed E-state index contributed by atoms with van der Waals surface area (Å²) < 4.78 is 0.147. The first-order chi connectivity index (χ1) is 12.7. The van der Waals surface area contributed by atoms with Crippen molar-refractivity contribution < 1.29 is 48.1 Å². The van der Waals surface area contributed by atoms with Gasteiger partial charge in [0.25, 0.3) is 0 Å². The molecule has 0 aliphatic carbocycles. The van der Waals surface area contributed by atoms with Crippen LogP contribution in [0.4, 0.5) is 0 Å². The largest absolute Gasteiger partial charge is 1.00 e. The van der Waals surface area contributed by atoms with Gasteiger partial charge >= 0.3 is 82.3 Å². The number of aryl methyl sites for hydroxylation is 2. The van der Waals surface area contributed by atoms with Crippen LogP contribution in [0.1, 0.15) is 22.3 Å². The Labute approximate surface area is 214 Å². The maximum atomic E-state index is 2.55. The fraction of sp³-hybridized carbons (Fsp3) is 0.417. The Morgan fingerprint density at radius 2 is 1.37 bits per heavy atom. The van der Waals surface area contributed by atoms with Crippen LogP contribution in [0.5, 0.6) is 0 Å². The van der Waals surface area contributed by atoms with E-state index in [1.165, 1.54) is 33.0 Å². The van der Waals surface area contributed by atoms with Gasteiger partial charge in [-0.2, -0.15) is 45.8 Å². The first-order valence-corrected chi connectivity index (χ1v) is 24.3. The number of fused-ring (bicyclic) bond motifs is 1. The topological polar surface area (TPSA) is 0 Å². The summed E-state index contributed by atoms with van der Waals surface area (Å²) in [5, 5.41) is 2.66. The molecule has 6 heteroatoms. The van der Waals surface area contributed by atoms with Crippen molar-refractivity contribution in [2.75, 3.05) is 0 Å². The molecule has 0 aliphatic rings. The molecule has 0 spiro atoms. The molecule has 0 aromatic heterocycles. The predicted molar refractivity (Wildman–Crippen MR) is 133 cm³/mol. The average molecular weight is 573 g/mol. The van der Waals surface area contributed by atoms with Crippen LogP contribution in [-0.2, 0) is 23.3 Å². The van der Waals surface area contributed by atoms with Gasteiger partial charge < -0.3 is 24.8 Å². The molecule has 166 valence electrons. The van der Waals surface area contributed by atoms with E-state index in [-0.39, 0.29) is 29.3 Å². The number of hydrogen-bond acceptors (Lipinski definition) is 0. The van der Waals surface area contributed by atoms with Crippen LogP contribution in [0.15, 0.2) is 48.5 Å². The maximum absolute atomic E-state index is 2.55. The van der Waals surface area contributed by atoms with E-state index in [0.29, 0.717) is 0 Å². The van der Waals surface area contributed by atoms with E-state index in [9.17, 15) is 0 Å². The van der Waals surface area contributed by atoms with E-state index in [2.05, 4.69) is 116 Å². The third-order valence-electron chi connectivity index (χ3n) is 5.23. The molecule has 0 N–H and O–H groups in total. The molecular weight excluding hydrogens is 535 g/mol. The second-order valence-electron chi connectivity index (χ2n) is 9.79.